The van der Waals surface area contributed by atoms with Crippen molar-refractivity contribution in [3.05, 3.63) is 40.2 Å². The molecular formula is C11H15N5O. The van der Waals surface area contributed by atoms with Gasteiger partial charge in [-0.2, -0.15) is 5.10 Å². The van der Waals surface area contributed by atoms with Crippen molar-refractivity contribution in [3.8, 4) is 0 Å². The summed E-state index contributed by atoms with van der Waals surface area (Å²) >= 11 is 0. The Kier molecular flexibility index (Phi) is 3.22. The molecule has 2 heterocycles. The average molecular weight is 233 g/mol. The molecule has 0 saturated heterocycles. The third-order valence-electron chi connectivity index (χ3n) is 2.33. The van der Waals surface area contributed by atoms with Crippen LogP contribution in [0, 0.1) is 0 Å². The van der Waals surface area contributed by atoms with Gasteiger partial charge >= 0.3 is 0 Å². The largest absolute Gasteiger partial charge is 0.364 e. The molecule has 0 amide bonds. The second-order valence-corrected chi connectivity index (χ2v) is 4.11. The molecule has 17 heavy (non-hydrogen) atoms. The van der Waals surface area contributed by atoms with Gasteiger partial charge in [-0.25, -0.2) is 4.98 Å². The number of hydrogen-bond donors (Lipinski definition) is 3. The van der Waals surface area contributed by atoms with Crippen molar-refractivity contribution in [1.82, 2.24) is 20.2 Å². The fourth-order valence-corrected chi connectivity index (χ4v) is 1.41. The number of rotatable bonds is 4. The quantitative estimate of drug-likeness (QED) is 0.741. The molecule has 2 rings (SSSR count). The summed E-state index contributed by atoms with van der Waals surface area (Å²) in [6.45, 7) is 4.53. The van der Waals surface area contributed by atoms with Crippen molar-refractivity contribution in [2.75, 3.05) is 5.32 Å². The topological polar surface area (TPSA) is 86.5 Å². The maximum atomic E-state index is 11.4. The van der Waals surface area contributed by atoms with E-state index in [2.05, 4.69) is 25.5 Å². The second-order valence-electron chi connectivity index (χ2n) is 4.11. The number of nitrogens with one attached hydrogen (secondary N) is 3. The third kappa shape index (κ3) is 2.93. The van der Waals surface area contributed by atoms with Crippen LogP contribution in [0.25, 0.3) is 0 Å². The van der Waals surface area contributed by atoms with Crippen LogP contribution in [0.1, 0.15) is 31.3 Å². The molecule has 0 fully saturated rings. The fourth-order valence-electron chi connectivity index (χ4n) is 1.41. The highest BCUT2D eigenvalue weighted by molar-refractivity contribution is 5.33. The number of aromatic nitrogens is 4. The summed E-state index contributed by atoms with van der Waals surface area (Å²) in [4.78, 5) is 18.5. The van der Waals surface area contributed by atoms with Crippen LogP contribution in [0.2, 0.25) is 0 Å². The smallest absolute Gasteiger partial charge is 0.252 e. The van der Waals surface area contributed by atoms with Gasteiger partial charge in [-0.1, -0.05) is 13.8 Å². The number of H-pyrrole nitrogens is 2. The molecule has 0 saturated carbocycles. The third-order valence-corrected chi connectivity index (χ3v) is 2.33. The highest BCUT2D eigenvalue weighted by Gasteiger charge is 2.05. The Morgan fingerprint density at radius 1 is 1.47 bits per heavy atom. The van der Waals surface area contributed by atoms with Gasteiger partial charge in [-0.3, -0.25) is 9.89 Å². The van der Waals surface area contributed by atoms with Crippen LogP contribution in [-0.4, -0.2) is 20.2 Å². The first-order valence-electron chi connectivity index (χ1n) is 5.48. The first kappa shape index (κ1) is 11.4. The first-order chi connectivity index (χ1) is 8.15. The SMILES string of the molecule is CC(C)c1nc(NCc2ccn[nH]2)cc(=O)[nH]1. The molecule has 0 aliphatic rings. The first-order valence-corrected chi connectivity index (χ1v) is 5.48. The van der Waals surface area contributed by atoms with Crippen molar-refractivity contribution in [2.24, 2.45) is 0 Å². The van der Waals surface area contributed by atoms with Crippen molar-refractivity contribution >= 4 is 5.82 Å². The van der Waals surface area contributed by atoms with E-state index in [9.17, 15) is 4.79 Å². The van der Waals surface area contributed by atoms with Gasteiger partial charge < -0.3 is 10.3 Å². The summed E-state index contributed by atoms with van der Waals surface area (Å²) in [7, 11) is 0. The molecule has 0 spiro atoms. The van der Waals surface area contributed by atoms with E-state index in [1.54, 1.807) is 6.20 Å². The standard InChI is InChI=1S/C11H15N5O/c1-7(2)11-14-9(5-10(17)15-11)12-6-8-3-4-13-16-8/h3-5,7H,6H2,1-2H3,(H,13,16)(H2,12,14,15,17). The molecule has 3 N–H and O–H groups in total. The number of anilines is 1. The minimum absolute atomic E-state index is 0.143. The normalized spacial score (nSPS) is 10.8. The summed E-state index contributed by atoms with van der Waals surface area (Å²) in [5.74, 6) is 1.45. The maximum absolute atomic E-state index is 11.4. The lowest BCUT2D eigenvalue weighted by atomic mass is 10.2. The van der Waals surface area contributed by atoms with Gasteiger partial charge in [0, 0.05) is 18.2 Å². The zero-order valence-corrected chi connectivity index (χ0v) is 9.82. The highest BCUT2D eigenvalue weighted by atomic mass is 16.1. The van der Waals surface area contributed by atoms with Crippen LogP contribution >= 0.6 is 0 Å². The van der Waals surface area contributed by atoms with E-state index in [0.717, 1.165) is 5.69 Å². The van der Waals surface area contributed by atoms with Crippen LogP contribution < -0.4 is 10.9 Å². The van der Waals surface area contributed by atoms with Gasteiger partial charge in [0.2, 0.25) is 0 Å². The highest BCUT2D eigenvalue weighted by Crippen LogP contribution is 2.09. The Balaban J connectivity index is 2.13. The summed E-state index contributed by atoms with van der Waals surface area (Å²) in [6.07, 6.45) is 1.68. The van der Waals surface area contributed by atoms with Crippen molar-refractivity contribution < 1.29 is 0 Å². The van der Waals surface area contributed by atoms with Crippen molar-refractivity contribution in [3.63, 3.8) is 0 Å². The van der Waals surface area contributed by atoms with Crippen LogP contribution in [0.3, 0.4) is 0 Å². The zero-order chi connectivity index (χ0) is 12.3. The van der Waals surface area contributed by atoms with Crippen molar-refractivity contribution in [1.29, 1.82) is 0 Å². The van der Waals surface area contributed by atoms with Gasteiger partial charge in [0.25, 0.3) is 5.56 Å². The molecule has 2 aromatic heterocycles. The van der Waals surface area contributed by atoms with Crippen molar-refractivity contribution in [2.45, 2.75) is 26.3 Å². The fraction of sp³-hybridized carbons (Fsp3) is 0.364. The lowest BCUT2D eigenvalue weighted by Crippen LogP contribution is -2.14. The van der Waals surface area contributed by atoms with E-state index in [1.165, 1.54) is 6.07 Å². The van der Waals surface area contributed by atoms with Gasteiger partial charge in [0.1, 0.15) is 11.6 Å². The van der Waals surface area contributed by atoms with Gasteiger partial charge in [-0.05, 0) is 6.07 Å². The van der Waals surface area contributed by atoms with Crippen LogP contribution in [0.4, 0.5) is 5.82 Å². The van der Waals surface area contributed by atoms with E-state index < -0.39 is 0 Å². The maximum Gasteiger partial charge on any atom is 0.252 e. The van der Waals surface area contributed by atoms with Gasteiger partial charge in [0.15, 0.2) is 0 Å². The molecule has 0 atom stereocenters. The molecule has 0 radical (unpaired) electrons. The average Bonchev–Trinajstić information content (AvgIpc) is 2.78. The van der Waals surface area contributed by atoms with Crippen LogP contribution in [-0.2, 0) is 6.54 Å². The molecular weight excluding hydrogens is 218 g/mol. The summed E-state index contributed by atoms with van der Waals surface area (Å²) in [5.41, 5.74) is 0.800. The van der Waals surface area contributed by atoms with Gasteiger partial charge in [0.05, 0.1) is 12.2 Å². The van der Waals surface area contributed by atoms with E-state index >= 15 is 0 Å². The molecule has 0 aromatic carbocycles. The second kappa shape index (κ2) is 4.82. The monoisotopic (exact) mass is 233 g/mol. The molecule has 0 unspecified atom stereocenters. The lowest BCUT2D eigenvalue weighted by Gasteiger charge is -2.08. The predicted molar refractivity (Wildman–Crippen MR) is 64.9 cm³/mol. The Labute approximate surface area is 98.5 Å². The minimum atomic E-state index is -0.143. The number of hydrogen-bond acceptors (Lipinski definition) is 4. The number of nitrogens with zero attached hydrogens (tertiary/aromatic N) is 2. The minimum Gasteiger partial charge on any atom is -0.364 e. The van der Waals surface area contributed by atoms with E-state index in [4.69, 9.17) is 0 Å². The van der Waals surface area contributed by atoms with E-state index in [-0.39, 0.29) is 11.5 Å². The Bertz CT molecular complexity index is 529. The van der Waals surface area contributed by atoms with Crippen LogP contribution in [0.5, 0.6) is 0 Å². The summed E-state index contributed by atoms with van der Waals surface area (Å²) < 4.78 is 0. The van der Waals surface area contributed by atoms with Gasteiger partial charge in [-0.15, -0.1) is 0 Å². The summed E-state index contributed by atoms with van der Waals surface area (Å²) in [5, 5.41) is 9.76. The predicted octanol–water partition coefficient (Wildman–Crippen LogP) is 1.23. The molecule has 0 aliphatic carbocycles. The van der Waals surface area contributed by atoms with E-state index in [1.807, 2.05) is 19.9 Å². The Hall–Kier alpha value is -2.11. The van der Waals surface area contributed by atoms with E-state index in [0.29, 0.717) is 18.2 Å². The molecule has 2 aromatic rings. The molecule has 6 nitrogen and oxygen atoms in total. The number of aromatic amines is 2. The molecule has 90 valence electrons. The Morgan fingerprint density at radius 2 is 2.29 bits per heavy atom. The van der Waals surface area contributed by atoms with Crippen LogP contribution in [0.15, 0.2) is 23.1 Å². The molecule has 6 heteroatoms. The molecule has 0 aliphatic heterocycles. The Morgan fingerprint density at radius 3 is 2.94 bits per heavy atom. The molecule has 0 bridgehead atoms. The lowest BCUT2D eigenvalue weighted by molar-refractivity contribution is 0.766. The zero-order valence-electron chi connectivity index (χ0n) is 9.82. The summed E-state index contributed by atoms with van der Waals surface area (Å²) in [6, 6.07) is 3.31.